The maximum atomic E-state index is 14.2. The molecule has 3 rings (SSSR count). The highest BCUT2D eigenvalue weighted by Crippen LogP contribution is 2.33. The van der Waals surface area contributed by atoms with Gasteiger partial charge in [0.2, 0.25) is 11.9 Å². The fraction of sp³-hybridized carbons (Fsp3) is 0.500. The molecular weight excluding hydrogens is 297 g/mol. The Kier molecular flexibility index (Phi) is 3.72. The summed E-state index contributed by atoms with van der Waals surface area (Å²) in [7, 11) is 0. The van der Waals surface area contributed by atoms with Gasteiger partial charge < -0.3 is 14.9 Å². The van der Waals surface area contributed by atoms with Crippen LogP contribution < -0.4 is 5.32 Å². The summed E-state index contributed by atoms with van der Waals surface area (Å²) >= 11 is 0. The van der Waals surface area contributed by atoms with Crippen molar-refractivity contribution in [3.8, 4) is 0 Å². The number of amides is 1. The van der Waals surface area contributed by atoms with E-state index in [1.165, 1.54) is 24.0 Å². The first kappa shape index (κ1) is 14.8. The van der Waals surface area contributed by atoms with Gasteiger partial charge in [-0.2, -0.15) is 4.98 Å². The zero-order chi connectivity index (χ0) is 15.9. The molecule has 1 amide bonds. The molecule has 3 N–H and O–H groups in total. The number of nitrogens with zero attached hydrogens (tertiary/aromatic N) is 4. The number of carbonyl (C=O) groups excluding carboxylic acids is 1. The first-order valence-corrected chi connectivity index (χ1v) is 6.57. The van der Waals surface area contributed by atoms with Gasteiger partial charge in [0.25, 0.3) is 0 Å². The molecule has 0 spiro atoms. The number of alkyl halides is 1. The summed E-state index contributed by atoms with van der Waals surface area (Å²) in [4.78, 5) is 23.1. The molecule has 0 aromatic carbocycles. The van der Waals surface area contributed by atoms with E-state index < -0.39 is 31.2 Å². The number of fused-ring (bicyclic) bond motifs is 1. The summed E-state index contributed by atoms with van der Waals surface area (Å²) in [6, 6.07) is 0. The summed E-state index contributed by atoms with van der Waals surface area (Å²) in [5.74, 6) is -0.295. The Labute approximate surface area is 123 Å². The van der Waals surface area contributed by atoms with Crippen LogP contribution in [0.15, 0.2) is 12.5 Å². The molecule has 4 atom stereocenters. The number of aliphatic hydroxyl groups is 2. The van der Waals surface area contributed by atoms with Gasteiger partial charge in [0.05, 0.1) is 19.1 Å². The molecule has 0 saturated carbocycles. The van der Waals surface area contributed by atoms with Crippen LogP contribution in [0.3, 0.4) is 0 Å². The first-order chi connectivity index (χ1) is 10.5. The van der Waals surface area contributed by atoms with Crippen LogP contribution in [-0.2, 0) is 9.53 Å². The summed E-state index contributed by atoms with van der Waals surface area (Å²) in [6.45, 7) is 0.807. The second-order valence-corrected chi connectivity index (χ2v) is 4.92. The van der Waals surface area contributed by atoms with Crippen molar-refractivity contribution in [1.82, 2.24) is 19.5 Å². The van der Waals surface area contributed by atoms with Crippen molar-refractivity contribution in [2.24, 2.45) is 0 Å². The maximum absolute atomic E-state index is 14.2. The number of carbonyl (C=O) groups is 1. The van der Waals surface area contributed by atoms with Gasteiger partial charge in [0.15, 0.2) is 18.0 Å². The van der Waals surface area contributed by atoms with Crippen molar-refractivity contribution in [3.63, 3.8) is 0 Å². The topological polar surface area (TPSA) is 122 Å². The number of hydrogen-bond donors (Lipinski definition) is 3. The molecule has 1 fully saturated rings. The van der Waals surface area contributed by atoms with Gasteiger partial charge in [0, 0.05) is 6.92 Å². The predicted molar refractivity (Wildman–Crippen MR) is 71.5 cm³/mol. The smallest absolute Gasteiger partial charge is 0.231 e. The highest BCUT2D eigenvalue weighted by Gasteiger charge is 2.45. The van der Waals surface area contributed by atoms with Crippen LogP contribution in [0.25, 0.3) is 11.2 Å². The summed E-state index contributed by atoms with van der Waals surface area (Å²) in [5.41, 5.74) is 0.629. The van der Waals surface area contributed by atoms with Gasteiger partial charge in [-0.25, -0.2) is 14.4 Å². The third-order valence-corrected chi connectivity index (χ3v) is 3.35. The van der Waals surface area contributed by atoms with Crippen LogP contribution in [0.1, 0.15) is 13.2 Å². The van der Waals surface area contributed by atoms with Crippen molar-refractivity contribution in [1.29, 1.82) is 0 Å². The molecule has 1 saturated heterocycles. The Morgan fingerprint density at radius 2 is 2.32 bits per heavy atom. The number of ether oxygens (including phenoxy) is 1. The van der Waals surface area contributed by atoms with E-state index in [4.69, 9.17) is 9.84 Å². The Hall–Kier alpha value is -2.17. The average Bonchev–Trinajstić information content (AvgIpc) is 3.01. The number of aromatic nitrogens is 4. The molecule has 3 heterocycles. The van der Waals surface area contributed by atoms with E-state index in [-0.39, 0.29) is 17.5 Å². The zero-order valence-corrected chi connectivity index (χ0v) is 11.5. The van der Waals surface area contributed by atoms with E-state index in [0.717, 1.165) is 0 Å². The molecule has 0 bridgehead atoms. The normalized spacial score (nSPS) is 28.2. The Balaban J connectivity index is 1.98. The van der Waals surface area contributed by atoms with Gasteiger partial charge in [-0.15, -0.1) is 0 Å². The van der Waals surface area contributed by atoms with Crippen LogP contribution in [0.4, 0.5) is 10.3 Å². The number of imidazole rings is 1. The molecule has 2 aromatic rings. The lowest BCUT2D eigenvalue weighted by molar-refractivity contribution is -0.114. The van der Waals surface area contributed by atoms with Gasteiger partial charge >= 0.3 is 0 Å². The summed E-state index contributed by atoms with van der Waals surface area (Å²) < 4.78 is 20.8. The second kappa shape index (κ2) is 5.55. The largest absolute Gasteiger partial charge is 0.394 e. The van der Waals surface area contributed by atoms with E-state index in [1.807, 2.05) is 0 Å². The molecule has 9 nitrogen and oxygen atoms in total. The summed E-state index contributed by atoms with van der Waals surface area (Å²) in [5, 5.41) is 21.2. The van der Waals surface area contributed by atoms with Crippen LogP contribution in [0.5, 0.6) is 0 Å². The first-order valence-electron chi connectivity index (χ1n) is 6.57. The van der Waals surface area contributed by atoms with Crippen molar-refractivity contribution in [3.05, 3.63) is 12.5 Å². The van der Waals surface area contributed by atoms with E-state index in [2.05, 4.69) is 20.3 Å². The number of rotatable bonds is 3. The molecule has 22 heavy (non-hydrogen) atoms. The van der Waals surface area contributed by atoms with Crippen LogP contribution in [0, 0.1) is 0 Å². The molecule has 10 heteroatoms. The average molecular weight is 311 g/mol. The quantitative estimate of drug-likeness (QED) is 0.690. The predicted octanol–water partition coefficient (Wildman–Crippen LogP) is -0.627. The second-order valence-electron chi connectivity index (χ2n) is 4.92. The highest BCUT2D eigenvalue weighted by atomic mass is 19.1. The molecule has 0 radical (unpaired) electrons. The monoisotopic (exact) mass is 311 g/mol. The lowest BCUT2D eigenvalue weighted by atomic mass is 10.1. The molecule has 2 aromatic heterocycles. The Bertz CT molecular complexity index is 708. The standard InChI is InChI=1S/C12H14FN5O4/c1-5(20)16-12-14-2-6-10(17-12)18(4-15-6)11-8(13)9(21)7(3-19)22-11/h2,4,7-9,11,19,21H,3H2,1H3,(H,14,16,17,20)/t7-,8-,9-,11-/m1/s1. The highest BCUT2D eigenvalue weighted by molar-refractivity contribution is 5.87. The lowest BCUT2D eigenvalue weighted by Gasteiger charge is -2.15. The van der Waals surface area contributed by atoms with E-state index in [9.17, 15) is 14.3 Å². The SMILES string of the molecule is CC(=O)Nc1ncc2ncn([C@@H]3O[C@H](CO)[C@@H](O)[C@H]3F)c2n1. The molecule has 0 aliphatic carbocycles. The third kappa shape index (κ3) is 2.40. The maximum Gasteiger partial charge on any atom is 0.231 e. The minimum atomic E-state index is -1.74. The fourth-order valence-corrected chi connectivity index (χ4v) is 2.31. The van der Waals surface area contributed by atoms with Gasteiger partial charge in [-0.3, -0.25) is 14.7 Å². The van der Waals surface area contributed by atoms with E-state index in [0.29, 0.717) is 5.52 Å². The number of nitrogens with one attached hydrogen (secondary N) is 1. The minimum absolute atomic E-state index is 0.0504. The fourth-order valence-electron chi connectivity index (χ4n) is 2.31. The zero-order valence-electron chi connectivity index (χ0n) is 11.5. The Morgan fingerprint density at radius 1 is 1.55 bits per heavy atom. The van der Waals surface area contributed by atoms with Crippen molar-refractivity contribution in [2.45, 2.75) is 31.5 Å². The number of hydrogen-bond acceptors (Lipinski definition) is 7. The van der Waals surface area contributed by atoms with Crippen LogP contribution >= 0.6 is 0 Å². The van der Waals surface area contributed by atoms with Gasteiger partial charge in [-0.1, -0.05) is 0 Å². The van der Waals surface area contributed by atoms with Crippen LogP contribution in [-0.4, -0.2) is 60.6 Å². The lowest BCUT2D eigenvalue weighted by Crippen LogP contribution is -2.30. The van der Waals surface area contributed by atoms with Crippen molar-refractivity contribution in [2.75, 3.05) is 11.9 Å². The molecule has 1 aliphatic heterocycles. The Morgan fingerprint density at radius 3 is 2.95 bits per heavy atom. The number of halogens is 1. The van der Waals surface area contributed by atoms with Crippen molar-refractivity contribution < 1.29 is 24.1 Å². The van der Waals surface area contributed by atoms with E-state index in [1.54, 1.807) is 0 Å². The van der Waals surface area contributed by atoms with Gasteiger partial charge in [0.1, 0.15) is 17.7 Å². The van der Waals surface area contributed by atoms with Crippen molar-refractivity contribution >= 4 is 23.0 Å². The molecule has 118 valence electrons. The number of anilines is 1. The molecular formula is C12H14FN5O4. The van der Waals surface area contributed by atoms with Crippen LogP contribution in [0.2, 0.25) is 0 Å². The molecule has 1 aliphatic rings. The third-order valence-electron chi connectivity index (χ3n) is 3.35. The minimum Gasteiger partial charge on any atom is -0.394 e. The molecule has 0 unspecified atom stereocenters. The van der Waals surface area contributed by atoms with E-state index >= 15 is 0 Å². The summed E-state index contributed by atoms with van der Waals surface area (Å²) in [6.07, 6.45) is -2.68. The number of aliphatic hydroxyl groups excluding tert-OH is 2. The van der Waals surface area contributed by atoms with Gasteiger partial charge in [-0.05, 0) is 0 Å².